The molecule has 0 aliphatic heterocycles. The second-order valence-corrected chi connectivity index (χ2v) is 6.15. The average molecular weight is 249 g/mol. The average Bonchev–Trinajstić information content (AvgIpc) is 2.25. The van der Waals surface area contributed by atoms with Crippen LogP contribution in [0.4, 0.5) is 4.39 Å². The molecule has 0 amide bonds. The summed E-state index contributed by atoms with van der Waals surface area (Å²) in [5.41, 5.74) is 3.75. The van der Waals surface area contributed by atoms with E-state index in [-0.39, 0.29) is 6.67 Å². The molecule has 0 aromatic heterocycles. The molecule has 1 radical (unpaired) electrons. The van der Waals surface area contributed by atoms with Crippen molar-refractivity contribution in [3.63, 3.8) is 0 Å². The molecule has 0 saturated carbocycles. The Bertz CT molecular complexity index is 338. The van der Waals surface area contributed by atoms with E-state index in [9.17, 15) is 4.39 Å². The quantitative estimate of drug-likeness (QED) is 0.666. The first-order valence-electron chi connectivity index (χ1n) is 6.94. The van der Waals surface area contributed by atoms with Crippen molar-refractivity contribution in [3.05, 3.63) is 40.8 Å². The topological polar surface area (TPSA) is 0 Å². The first-order valence-corrected chi connectivity index (χ1v) is 6.94. The smallest absolute Gasteiger partial charge is 0.0997 e. The van der Waals surface area contributed by atoms with Gasteiger partial charge in [0.05, 0.1) is 6.67 Å². The Morgan fingerprint density at radius 1 is 0.944 bits per heavy atom. The molecule has 0 saturated heterocycles. The van der Waals surface area contributed by atoms with Crippen LogP contribution in [0.25, 0.3) is 0 Å². The predicted octanol–water partition coefficient (Wildman–Crippen LogP) is 5.00. The van der Waals surface area contributed by atoms with Crippen molar-refractivity contribution in [2.75, 3.05) is 6.67 Å². The van der Waals surface area contributed by atoms with Crippen molar-refractivity contribution in [1.29, 1.82) is 0 Å². The maximum absolute atomic E-state index is 12.8. The first kappa shape index (κ1) is 15.2. The van der Waals surface area contributed by atoms with Gasteiger partial charge in [0.1, 0.15) is 0 Å². The third kappa shape index (κ3) is 4.80. The van der Waals surface area contributed by atoms with Gasteiger partial charge in [-0.15, -0.1) is 0 Å². The van der Waals surface area contributed by atoms with Crippen molar-refractivity contribution < 1.29 is 4.39 Å². The fraction of sp³-hybridized carbons (Fsp3) is 0.588. The van der Waals surface area contributed by atoms with Crippen LogP contribution in [0.1, 0.15) is 51.3 Å². The second-order valence-electron chi connectivity index (χ2n) is 6.15. The van der Waals surface area contributed by atoms with E-state index in [1.54, 1.807) is 0 Å². The van der Waals surface area contributed by atoms with Crippen molar-refractivity contribution in [2.24, 2.45) is 11.8 Å². The Morgan fingerprint density at radius 3 is 1.72 bits per heavy atom. The van der Waals surface area contributed by atoms with Crippen LogP contribution in [0.3, 0.4) is 0 Å². The third-order valence-corrected chi connectivity index (χ3v) is 3.03. The van der Waals surface area contributed by atoms with E-state index in [1.807, 2.05) is 6.92 Å². The normalized spacial score (nSPS) is 11.8. The van der Waals surface area contributed by atoms with E-state index in [2.05, 4.69) is 45.9 Å². The summed E-state index contributed by atoms with van der Waals surface area (Å²) >= 11 is 0. The summed E-state index contributed by atoms with van der Waals surface area (Å²) in [4.78, 5) is 0. The van der Waals surface area contributed by atoms with Gasteiger partial charge in [-0.1, -0.05) is 52.8 Å². The zero-order valence-corrected chi connectivity index (χ0v) is 12.4. The number of rotatable bonds is 6. The third-order valence-electron chi connectivity index (χ3n) is 3.03. The molecular formula is C17H26F. The highest BCUT2D eigenvalue weighted by molar-refractivity contribution is 5.38. The Kier molecular flexibility index (Phi) is 5.84. The molecule has 0 fully saturated rings. The van der Waals surface area contributed by atoms with E-state index >= 15 is 0 Å². The van der Waals surface area contributed by atoms with Crippen LogP contribution in [-0.4, -0.2) is 6.67 Å². The van der Waals surface area contributed by atoms with Crippen LogP contribution in [0.15, 0.2) is 18.2 Å². The molecule has 0 atom stereocenters. The molecule has 0 spiro atoms. The van der Waals surface area contributed by atoms with Crippen LogP contribution in [0, 0.1) is 17.8 Å². The molecule has 0 heterocycles. The summed E-state index contributed by atoms with van der Waals surface area (Å²) < 4.78 is 12.8. The molecule has 0 N–H and O–H groups in total. The summed E-state index contributed by atoms with van der Waals surface area (Å²) in [6, 6.07) is 6.59. The fourth-order valence-electron chi connectivity index (χ4n) is 2.26. The van der Waals surface area contributed by atoms with Crippen LogP contribution in [-0.2, 0) is 12.8 Å². The van der Waals surface area contributed by atoms with Gasteiger partial charge in [0.15, 0.2) is 0 Å². The van der Waals surface area contributed by atoms with E-state index < -0.39 is 0 Å². The minimum Gasteiger partial charge on any atom is -0.250 e. The summed E-state index contributed by atoms with van der Waals surface area (Å²) in [5.74, 6) is 2.11. The first-order chi connectivity index (χ1) is 8.42. The van der Waals surface area contributed by atoms with Gasteiger partial charge in [-0.05, 0) is 41.4 Å². The van der Waals surface area contributed by atoms with Crippen LogP contribution in [0.5, 0.6) is 0 Å². The van der Waals surface area contributed by atoms with Crippen LogP contribution in [0.2, 0.25) is 0 Å². The van der Waals surface area contributed by atoms with E-state index in [1.165, 1.54) is 11.1 Å². The van der Waals surface area contributed by atoms with Crippen molar-refractivity contribution in [2.45, 2.75) is 47.5 Å². The lowest BCUT2D eigenvalue weighted by molar-refractivity contribution is 0.515. The maximum atomic E-state index is 12.8. The molecule has 18 heavy (non-hydrogen) atoms. The summed E-state index contributed by atoms with van der Waals surface area (Å²) in [7, 11) is 0. The fourth-order valence-corrected chi connectivity index (χ4v) is 2.26. The minimum atomic E-state index is -0.355. The molecule has 0 aliphatic carbocycles. The molecule has 101 valence electrons. The van der Waals surface area contributed by atoms with Crippen molar-refractivity contribution >= 4 is 0 Å². The van der Waals surface area contributed by atoms with Crippen LogP contribution >= 0.6 is 0 Å². The lowest BCUT2D eigenvalue weighted by atomic mass is 9.91. The lowest BCUT2D eigenvalue weighted by Crippen LogP contribution is -2.04. The molecule has 1 heteroatoms. The molecule has 1 aromatic rings. The highest BCUT2D eigenvalue weighted by Gasteiger charge is 2.10. The van der Waals surface area contributed by atoms with E-state index in [0.29, 0.717) is 11.8 Å². The summed E-state index contributed by atoms with van der Waals surface area (Å²) in [5, 5.41) is 0. The molecule has 1 aromatic carbocycles. The number of benzene rings is 1. The molecule has 0 unspecified atom stereocenters. The highest BCUT2D eigenvalue weighted by Crippen LogP contribution is 2.22. The largest absolute Gasteiger partial charge is 0.250 e. The number of hydrogen-bond acceptors (Lipinski definition) is 0. The van der Waals surface area contributed by atoms with Gasteiger partial charge in [0.2, 0.25) is 0 Å². The molecule has 0 bridgehead atoms. The molecule has 1 rings (SSSR count). The summed E-state index contributed by atoms with van der Waals surface area (Å²) in [6.07, 6.45) is 2.14. The Labute approximate surface area is 112 Å². The van der Waals surface area contributed by atoms with E-state index in [0.717, 1.165) is 24.3 Å². The Hall–Kier alpha value is -0.850. The predicted molar refractivity (Wildman–Crippen MR) is 77.5 cm³/mol. The Morgan fingerprint density at radius 2 is 1.39 bits per heavy atom. The van der Waals surface area contributed by atoms with Crippen LogP contribution < -0.4 is 0 Å². The molecular weight excluding hydrogens is 223 g/mol. The monoisotopic (exact) mass is 249 g/mol. The van der Waals surface area contributed by atoms with Gasteiger partial charge in [0, 0.05) is 5.92 Å². The second kappa shape index (κ2) is 6.92. The highest BCUT2D eigenvalue weighted by atomic mass is 19.1. The summed E-state index contributed by atoms with van der Waals surface area (Å²) in [6.45, 7) is 10.4. The molecule has 0 aliphatic rings. The number of halogens is 1. The Balaban J connectivity index is 3.03. The van der Waals surface area contributed by atoms with Gasteiger partial charge in [-0.2, -0.15) is 0 Å². The van der Waals surface area contributed by atoms with Crippen molar-refractivity contribution in [1.82, 2.24) is 0 Å². The zero-order chi connectivity index (χ0) is 13.7. The lowest BCUT2D eigenvalue weighted by Gasteiger charge is -2.15. The number of alkyl halides is 1. The SMILES string of the molecule is C[C](CF)c1cc(CC(C)C)cc(CC(C)C)c1. The molecule has 0 nitrogen and oxygen atoms in total. The minimum absolute atomic E-state index is 0.355. The van der Waals surface area contributed by atoms with Crippen molar-refractivity contribution in [3.8, 4) is 0 Å². The van der Waals surface area contributed by atoms with Gasteiger partial charge in [-0.3, -0.25) is 4.39 Å². The van der Waals surface area contributed by atoms with Gasteiger partial charge in [-0.25, -0.2) is 0 Å². The zero-order valence-electron chi connectivity index (χ0n) is 12.4. The number of hydrogen-bond donors (Lipinski definition) is 0. The maximum Gasteiger partial charge on any atom is 0.0997 e. The van der Waals surface area contributed by atoms with Gasteiger partial charge >= 0.3 is 0 Å². The van der Waals surface area contributed by atoms with E-state index in [4.69, 9.17) is 0 Å². The van der Waals surface area contributed by atoms with Gasteiger partial charge < -0.3 is 0 Å². The van der Waals surface area contributed by atoms with Gasteiger partial charge in [0.25, 0.3) is 0 Å². The standard InChI is InChI=1S/C17H26F/c1-12(2)6-15-8-16(7-13(3)4)10-17(9-15)14(5)11-18/h8-10,12-13H,6-7,11H2,1-5H3.